The maximum Gasteiger partial charge on any atom is 0.501 e. The molecule has 0 unspecified atom stereocenters. The summed E-state index contributed by atoms with van der Waals surface area (Å²) in [6.07, 6.45) is 3.47. The highest BCUT2D eigenvalue weighted by Crippen LogP contribution is 2.44. The fourth-order valence-corrected chi connectivity index (χ4v) is 12.8. The fraction of sp³-hybridized carbons (Fsp3) is 0.449. The predicted molar refractivity (Wildman–Crippen MR) is 264 cm³/mol. The molecule has 4 aromatic carbocycles. The number of allylic oxidation sites excluding steroid dienone is 1. The number of benzene rings is 4. The Hall–Kier alpha value is -4.34. The van der Waals surface area contributed by atoms with Crippen LogP contribution in [0.25, 0.3) is 5.57 Å². The smallest absolute Gasteiger partial charge is 0.489 e. The Morgan fingerprint density at radius 3 is 2.48 bits per heavy atom. The summed E-state index contributed by atoms with van der Waals surface area (Å²) in [5.41, 5.74) is -1.35. The first-order chi connectivity index (χ1) is 32.8. The lowest BCUT2D eigenvalue weighted by Gasteiger charge is -2.46. The van der Waals surface area contributed by atoms with Gasteiger partial charge in [-0.2, -0.15) is 13.2 Å². The van der Waals surface area contributed by atoms with E-state index in [-0.39, 0.29) is 29.7 Å². The van der Waals surface area contributed by atoms with E-state index < -0.39 is 52.8 Å². The number of hydrogen-bond donors (Lipinski definition) is 4. The molecular formula is C49H58ClF3N6O7S3. The second-order valence-corrected chi connectivity index (χ2v) is 24.1. The van der Waals surface area contributed by atoms with Crippen molar-refractivity contribution in [2.75, 3.05) is 81.5 Å². The van der Waals surface area contributed by atoms with Gasteiger partial charge in [-0.1, -0.05) is 61.4 Å². The van der Waals surface area contributed by atoms with Gasteiger partial charge >= 0.3 is 5.51 Å². The molecule has 372 valence electrons. The first-order valence-corrected chi connectivity index (χ1v) is 27.4. The maximum atomic E-state index is 14.3. The third-order valence-electron chi connectivity index (χ3n) is 13.3. The van der Waals surface area contributed by atoms with E-state index in [0.717, 1.165) is 61.6 Å². The van der Waals surface area contributed by atoms with Crippen LogP contribution in [0, 0.1) is 5.41 Å². The molecule has 2 fully saturated rings. The van der Waals surface area contributed by atoms with E-state index in [9.17, 15) is 39.9 Å². The van der Waals surface area contributed by atoms with Gasteiger partial charge in [0.25, 0.3) is 25.8 Å². The molecule has 3 atom stereocenters. The first-order valence-electron chi connectivity index (χ1n) is 23.0. The van der Waals surface area contributed by atoms with Crippen molar-refractivity contribution < 1.29 is 44.6 Å². The minimum atomic E-state index is -6.10. The number of alkyl halides is 3. The number of carbonyl (C=O) groups excluding carboxylic acids is 1. The lowest BCUT2D eigenvalue weighted by atomic mass is 9.72. The molecule has 13 nitrogen and oxygen atoms in total. The number of piperazine rings is 2. The molecule has 0 bridgehead atoms. The number of fused-ring (bicyclic) bond motifs is 3. The molecule has 1 aliphatic carbocycles. The largest absolute Gasteiger partial charge is 0.501 e. The predicted octanol–water partition coefficient (Wildman–Crippen LogP) is 7.53. The van der Waals surface area contributed by atoms with Crippen LogP contribution in [-0.4, -0.2) is 133 Å². The average Bonchev–Trinajstić information content (AvgIpc) is 3.32. The van der Waals surface area contributed by atoms with Crippen LogP contribution < -0.4 is 25.0 Å². The van der Waals surface area contributed by atoms with Crippen LogP contribution in [0.3, 0.4) is 0 Å². The van der Waals surface area contributed by atoms with E-state index in [0.29, 0.717) is 68.3 Å². The summed E-state index contributed by atoms with van der Waals surface area (Å²) in [5.74, 6) is -0.373. The van der Waals surface area contributed by atoms with Crippen molar-refractivity contribution in [3.63, 3.8) is 0 Å². The summed E-state index contributed by atoms with van der Waals surface area (Å²) < 4.78 is 105. The van der Waals surface area contributed by atoms with Gasteiger partial charge in [-0.05, 0) is 103 Å². The van der Waals surface area contributed by atoms with Gasteiger partial charge in [0, 0.05) is 85.7 Å². The van der Waals surface area contributed by atoms with E-state index in [2.05, 4.69) is 51.3 Å². The molecule has 1 amide bonds. The zero-order chi connectivity index (χ0) is 49.1. The molecule has 3 aliphatic heterocycles. The fourth-order valence-electron chi connectivity index (χ4n) is 9.62. The zero-order valence-corrected chi connectivity index (χ0v) is 41.7. The van der Waals surface area contributed by atoms with Gasteiger partial charge in [0.2, 0.25) is 0 Å². The van der Waals surface area contributed by atoms with E-state index in [1.54, 1.807) is 6.07 Å². The summed E-state index contributed by atoms with van der Waals surface area (Å²) in [5, 5.41) is 16.6. The molecule has 3 heterocycles. The van der Waals surface area contributed by atoms with Crippen LogP contribution >= 0.6 is 23.4 Å². The highest BCUT2D eigenvalue weighted by atomic mass is 35.5. The number of ether oxygens (including phenoxy) is 1. The molecule has 0 radical (unpaired) electrons. The standard InChI is InChI=1S/C49H58ClF3N6O7S3/c1-48(2)18-16-42(33-8-11-36(50)12-9-33)35(26-48)27-58-22-23-59-39(29-58)31-66-45-24-34(10-15-44(45)59)47(61)56-69(64,65)41-13-14-43(46(25-41)68(62,63)49(51,52)53)55-37(32-67-40-6-4-3-5-7-40)17-20-57-21-19-54-38(28-57)30-60/h3-15,24-25,37-39,54-55,60H,16-23,26-32H2,1-2H3,(H,56,61)/t37-,38+,39+/m1/s1. The van der Waals surface area contributed by atoms with Gasteiger partial charge in [-0.3, -0.25) is 9.69 Å². The van der Waals surface area contributed by atoms with Crippen LogP contribution in [0.4, 0.5) is 24.5 Å². The number of carbonyl (C=O) groups is 1. The number of hydrogen-bond acceptors (Lipinski definition) is 13. The Balaban J connectivity index is 0.966. The summed E-state index contributed by atoms with van der Waals surface area (Å²) >= 11 is 7.64. The van der Waals surface area contributed by atoms with Crippen LogP contribution in [0.15, 0.2) is 111 Å². The second-order valence-electron chi connectivity index (χ2n) is 18.9. The van der Waals surface area contributed by atoms with Crippen molar-refractivity contribution >= 4 is 66.1 Å². The number of rotatable bonds is 16. The quantitative estimate of drug-likeness (QED) is 0.0817. The van der Waals surface area contributed by atoms with Crippen LogP contribution in [0.2, 0.25) is 5.02 Å². The molecule has 69 heavy (non-hydrogen) atoms. The van der Waals surface area contributed by atoms with E-state index in [1.807, 2.05) is 47.2 Å². The SMILES string of the molecule is CC1(C)CCC(c2ccc(Cl)cc2)=C(CN2CCN3c4ccc(C(=O)NS(=O)(=O)c5ccc(N[C@H](CCN6CCN[C@H](CO)C6)CSc6ccccc6)c(S(=O)(=O)C(F)(F)F)c5)cc4OC[C@@H]3C2)C1. The van der Waals surface area contributed by atoms with Gasteiger partial charge < -0.3 is 30.3 Å². The van der Waals surface area contributed by atoms with Crippen LogP contribution in [-0.2, 0) is 19.9 Å². The molecule has 0 spiro atoms. The number of sulfone groups is 1. The number of thioether (sulfide) groups is 1. The van der Waals surface area contributed by atoms with Crippen molar-refractivity contribution in [2.45, 2.75) is 77.9 Å². The summed E-state index contributed by atoms with van der Waals surface area (Å²) in [6.45, 7) is 10.3. The average molecular weight is 1030 g/mol. The molecule has 4 aliphatic rings. The number of nitrogens with zero attached hydrogens (tertiary/aromatic N) is 3. The van der Waals surface area contributed by atoms with Gasteiger partial charge in [0.05, 0.1) is 28.9 Å². The number of sulfonamides is 1. The molecule has 0 saturated carbocycles. The Morgan fingerprint density at radius 2 is 1.74 bits per heavy atom. The Morgan fingerprint density at radius 1 is 0.971 bits per heavy atom. The molecule has 2 saturated heterocycles. The molecule has 4 aromatic rings. The molecule has 0 aromatic heterocycles. The van der Waals surface area contributed by atoms with Crippen molar-refractivity contribution in [1.82, 2.24) is 19.8 Å². The van der Waals surface area contributed by atoms with E-state index in [1.165, 1.54) is 40.6 Å². The van der Waals surface area contributed by atoms with Gasteiger partial charge in [-0.15, -0.1) is 11.8 Å². The van der Waals surface area contributed by atoms with Crippen LogP contribution in [0.1, 0.15) is 55.5 Å². The van der Waals surface area contributed by atoms with Gasteiger partial charge in [0.15, 0.2) is 0 Å². The van der Waals surface area contributed by atoms with Gasteiger partial charge in [-0.25, -0.2) is 21.6 Å². The lowest BCUT2D eigenvalue weighted by molar-refractivity contribution is -0.0435. The normalized spacial score (nSPS) is 20.7. The monoisotopic (exact) mass is 1030 g/mol. The third-order valence-corrected chi connectivity index (χ3v) is 17.6. The lowest BCUT2D eigenvalue weighted by Crippen LogP contribution is -2.57. The van der Waals surface area contributed by atoms with Gasteiger partial charge in [0.1, 0.15) is 17.3 Å². The van der Waals surface area contributed by atoms with Crippen molar-refractivity contribution in [3.8, 4) is 5.75 Å². The maximum absolute atomic E-state index is 14.3. The van der Waals surface area contributed by atoms with Crippen molar-refractivity contribution in [2.24, 2.45) is 5.41 Å². The molecule has 4 N–H and O–H groups in total. The highest BCUT2D eigenvalue weighted by molar-refractivity contribution is 7.99. The van der Waals surface area contributed by atoms with Crippen LogP contribution in [0.5, 0.6) is 5.75 Å². The number of halogens is 4. The second kappa shape index (κ2) is 21.2. The number of aliphatic hydroxyl groups excluding tert-OH is 1. The Kier molecular flexibility index (Phi) is 15.7. The summed E-state index contributed by atoms with van der Waals surface area (Å²) in [6, 6.07) is 23.6. The first kappa shape index (κ1) is 51.0. The number of amides is 1. The molecule has 8 rings (SSSR count). The summed E-state index contributed by atoms with van der Waals surface area (Å²) in [7, 11) is -11.0. The Labute approximate surface area is 411 Å². The van der Waals surface area contributed by atoms with E-state index >= 15 is 0 Å². The minimum absolute atomic E-state index is 0.0202. The van der Waals surface area contributed by atoms with E-state index in [4.69, 9.17) is 16.3 Å². The molecular weight excluding hydrogens is 973 g/mol. The number of anilines is 2. The van der Waals surface area contributed by atoms with Crippen molar-refractivity contribution in [1.29, 1.82) is 0 Å². The summed E-state index contributed by atoms with van der Waals surface area (Å²) in [4.78, 5) is 19.1. The van der Waals surface area contributed by atoms with Crippen molar-refractivity contribution in [3.05, 3.63) is 113 Å². The Bertz CT molecular complexity index is 2750. The molecule has 20 heteroatoms. The minimum Gasteiger partial charge on any atom is -0.489 e. The number of nitrogens with one attached hydrogen (secondary N) is 3. The number of aliphatic hydroxyl groups is 1. The highest BCUT2D eigenvalue weighted by Gasteiger charge is 2.48. The topological polar surface area (TPSA) is 161 Å². The zero-order valence-electron chi connectivity index (χ0n) is 38.5. The third kappa shape index (κ3) is 12.2.